The van der Waals surface area contributed by atoms with E-state index in [4.69, 9.17) is 5.73 Å². The number of amides is 1. The standard InChI is InChI=1S/C25H28N2O7/c26-24(33)20-17(29)9-13-7-12-8-15-11(10-27-14-3-1-2-4-14)5-6-16(28)19(15)21(30)18(12)22(31)25(13,34)23(20)32/h5-6,12-14,27-28,30,32,34H,1-4,7-10H2,(H2,26,33)/t12-,13+,25+/m1/s1. The summed E-state index contributed by atoms with van der Waals surface area (Å²) in [4.78, 5) is 37.6. The van der Waals surface area contributed by atoms with Crippen molar-refractivity contribution in [2.24, 2.45) is 17.6 Å². The summed E-state index contributed by atoms with van der Waals surface area (Å²) in [7, 11) is 0. The fourth-order valence-electron chi connectivity index (χ4n) is 6.24. The molecule has 180 valence electrons. The second kappa shape index (κ2) is 7.95. The molecule has 0 aromatic heterocycles. The second-order valence-electron chi connectivity index (χ2n) is 9.87. The topological polar surface area (TPSA) is 170 Å². The summed E-state index contributed by atoms with van der Waals surface area (Å²) in [5, 5.41) is 47.1. The van der Waals surface area contributed by atoms with Gasteiger partial charge in [-0.2, -0.15) is 0 Å². The third-order valence-corrected chi connectivity index (χ3v) is 7.98. The zero-order valence-electron chi connectivity index (χ0n) is 18.6. The van der Waals surface area contributed by atoms with Gasteiger partial charge < -0.3 is 31.5 Å². The molecule has 0 spiro atoms. The van der Waals surface area contributed by atoms with Gasteiger partial charge in [0, 0.05) is 30.5 Å². The lowest BCUT2D eigenvalue weighted by Gasteiger charge is -2.46. The minimum absolute atomic E-state index is 0.118. The lowest BCUT2D eigenvalue weighted by Crippen LogP contribution is -2.58. The molecule has 0 aliphatic heterocycles. The third-order valence-electron chi connectivity index (χ3n) is 7.98. The minimum atomic E-state index is -2.53. The molecular weight excluding hydrogens is 440 g/mol. The number of benzene rings is 1. The lowest BCUT2D eigenvalue weighted by atomic mass is 9.59. The SMILES string of the molecule is NC(=O)C1=C(O)[C@@]2(O)C(=O)C3=C(O)c4c(O)ccc(CNC5CCCC5)c4C[C@H]3C[C@H]2CC1=O. The van der Waals surface area contributed by atoms with E-state index >= 15 is 0 Å². The first kappa shape index (κ1) is 22.6. The largest absolute Gasteiger partial charge is 0.508 e. The monoisotopic (exact) mass is 468 g/mol. The Bertz CT molecular complexity index is 1180. The van der Waals surface area contributed by atoms with Crippen molar-refractivity contribution in [2.75, 3.05) is 0 Å². The first-order valence-electron chi connectivity index (χ1n) is 11.7. The molecule has 4 aliphatic rings. The number of carbonyl (C=O) groups excluding carboxylic acids is 3. The first-order chi connectivity index (χ1) is 16.1. The third kappa shape index (κ3) is 3.18. The van der Waals surface area contributed by atoms with Crippen LogP contribution in [0.3, 0.4) is 0 Å². The van der Waals surface area contributed by atoms with Gasteiger partial charge in [0.25, 0.3) is 5.91 Å². The molecule has 0 saturated heterocycles. The van der Waals surface area contributed by atoms with E-state index in [0.29, 0.717) is 19.0 Å². The summed E-state index contributed by atoms with van der Waals surface area (Å²) < 4.78 is 0. The number of fused-ring (bicyclic) bond motifs is 3. The van der Waals surface area contributed by atoms with Gasteiger partial charge in [-0.3, -0.25) is 14.4 Å². The van der Waals surface area contributed by atoms with Gasteiger partial charge >= 0.3 is 0 Å². The number of aliphatic hydroxyl groups excluding tert-OH is 2. The number of hydrogen-bond donors (Lipinski definition) is 6. The van der Waals surface area contributed by atoms with Gasteiger partial charge in [-0.1, -0.05) is 18.9 Å². The summed E-state index contributed by atoms with van der Waals surface area (Å²) >= 11 is 0. The number of hydrogen-bond acceptors (Lipinski definition) is 8. The van der Waals surface area contributed by atoms with Gasteiger partial charge in [0.1, 0.15) is 22.8 Å². The van der Waals surface area contributed by atoms with E-state index in [1.54, 1.807) is 6.07 Å². The fraction of sp³-hybridized carbons (Fsp3) is 0.480. The number of phenolic OH excluding ortho intramolecular Hbond substituents is 1. The summed E-state index contributed by atoms with van der Waals surface area (Å²) in [5.41, 5.74) is 3.52. The van der Waals surface area contributed by atoms with E-state index in [2.05, 4.69) is 5.32 Å². The lowest BCUT2D eigenvalue weighted by molar-refractivity contribution is -0.147. The van der Waals surface area contributed by atoms with Crippen molar-refractivity contribution in [3.8, 4) is 5.75 Å². The van der Waals surface area contributed by atoms with Crippen molar-refractivity contribution in [1.82, 2.24) is 5.32 Å². The Morgan fingerprint density at radius 1 is 1.12 bits per heavy atom. The van der Waals surface area contributed by atoms with Gasteiger partial charge in [-0.25, -0.2) is 0 Å². The van der Waals surface area contributed by atoms with E-state index in [-0.39, 0.29) is 29.7 Å². The molecule has 34 heavy (non-hydrogen) atoms. The van der Waals surface area contributed by atoms with Crippen LogP contribution < -0.4 is 11.1 Å². The van der Waals surface area contributed by atoms with Crippen LogP contribution in [0.1, 0.15) is 55.2 Å². The van der Waals surface area contributed by atoms with E-state index in [0.717, 1.165) is 24.0 Å². The van der Waals surface area contributed by atoms with Crippen LogP contribution in [0, 0.1) is 11.8 Å². The zero-order valence-corrected chi connectivity index (χ0v) is 18.6. The van der Waals surface area contributed by atoms with E-state index in [9.17, 15) is 34.8 Å². The van der Waals surface area contributed by atoms with Crippen LogP contribution in [0.15, 0.2) is 29.0 Å². The highest BCUT2D eigenvalue weighted by Gasteiger charge is 2.60. The highest BCUT2D eigenvalue weighted by atomic mass is 16.3. The van der Waals surface area contributed by atoms with Crippen molar-refractivity contribution in [3.63, 3.8) is 0 Å². The number of ketones is 2. The number of phenols is 1. The molecule has 1 aromatic rings. The molecule has 1 aromatic carbocycles. The number of nitrogens with one attached hydrogen (secondary N) is 1. The Balaban J connectivity index is 1.58. The Morgan fingerprint density at radius 2 is 1.82 bits per heavy atom. The van der Waals surface area contributed by atoms with Gasteiger partial charge in [0.05, 0.1) is 5.56 Å². The van der Waals surface area contributed by atoms with Crippen LogP contribution in [0.5, 0.6) is 5.75 Å². The van der Waals surface area contributed by atoms with Crippen LogP contribution in [0.25, 0.3) is 5.76 Å². The van der Waals surface area contributed by atoms with Crippen molar-refractivity contribution in [1.29, 1.82) is 0 Å². The van der Waals surface area contributed by atoms with Crippen LogP contribution in [-0.2, 0) is 27.3 Å². The van der Waals surface area contributed by atoms with Gasteiger partial charge in [-0.15, -0.1) is 0 Å². The molecule has 3 atom stereocenters. The Morgan fingerprint density at radius 3 is 2.50 bits per heavy atom. The maximum absolute atomic E-state index is 13.5. The highest BCUT2D eigenvalue weighted by molar-refractivity contribution is 6.22. The molecular formula is C25H28N2O7. The fourth-order valence-corrected chi connectivity index (χ4v) is 6.24. The van der Waals surface area contributed by atoms with Crippen molar-refractivity contribution < 1.29 is 34.8 Å². The molecule has 2 saturated carbocycles. The van der Waals surface area contributed by atoms with Crippen molar-refractivity contribution >= 4 is 23.2 Å². The Kier molecular flexibility index (Phi) is 5.29. The van der Waals surface area contributed by atoms with Crippen LogP contribution >= 0.6 is 0 Å². The second-order valence-corrected chi connectivity index (χ2v) is 9.87. The molecule has 4 aliphatic carbocycles. The van der Waals surface area contributed by atoms with Crippen molar-refractivity contribution in [3.05, 3.63) is 45.7 Å². The van der Waals surface area contributed by atoms with Crippen LogP contribution in [0.2, 0.25) is 0 Å². The number of aliphatic hydroxyl groups is 3. The molecule has 0 heterocycles. The van der Waals surface area contributed by atoms with Crippen LogP contribution in [0.4, 0.5) is 0 Å². The van der Waals surface area contributed by atoms with E-state index in [1.165, 1.54) is 18.9 Å². The van der Waals surface area contributed by atoms with E-state index < -0.39 is 52.0 Å². The Labute approximate surface area is 196 Å². The molecule has 0 bridgehead atoms. The average Bonchev–Trinajstić information content (AvgIpc) is 3.29. The summed E-state index contributed by atoms with van der Waals surface area (Å²) in [6, 6.07) is 3.68. The molecule has 7 N–H and O–H groups in total. The highest BCUT2D eigenvalue weighted by Crippen LogP contribution is 2.52. The van der Waals surface area contributed by atoms with Crippen LogP contribution in [-0.4, -0.2) is 49.5 Å². The molecule has 1 amide bonds. The van der Waals surface area contributed by atoms with Gasteiger partial charge in [0.2, 0.25) is 5.78 Å². The molecule has 5 rings (SSSR count). The molecule has 2 fully saturated rings. The van der Waals surface area contributed by atoms with Crippen molar-refractivity contribution in [2.45, 2.75) is 63.1 Å². The molecule has 9 nitrogen and oxygen atoms in total. The van der Waals surface area contributed by atoms with Gasteiger partial charge in [0.15, 0.2) is 11.4 Å². The first-order valence-corrected chi connectivity index (χ1v) is 11.7. The number of carbonyl (C=O) groups is 3. The molecule has 0 radical (unpaired) electrons. The molecule has 9 heteroatoms. The average molecular weight is 469 g/mol. The predicted octanol–water partition coefficient (Wildman–Crippen LogP) is 1.46. The summed E-state index contributed by atoms with van der Waals surface area (Å²) in [5.74, 6) is -6.11. The van der Waals surface area contributed by atoms with Gasteiger partial charge in [-0.05, 0) is 48.8 Å². The maximum Gasteiger partial charge on any atom is 0.255 e. The molecule has 0 unspecified atom stereocenters. The maximum atomic E-state index is 13.5. The number of aromatic hydroxyl groups is 1. The number of Topliss-reactive ketones (excluding diaryl/α,β-unsaturated/α-hetero) is 2. The number of nitrogens with two attached hydrogens (primary N) is 1. The summed E-state index contributed by atoms with van der Waals surface area (Å²) in [6.45, 7) is 0.550. The zero-order chi connectivity index (χ0) is 24.4. The quantitative estimate of drug-likeness (QED) is 0.361. The van der Waals surface area contributed by atoms with E-state index in [1.807, 2.05) is 0 Å². The smallest absolute Gasteiger partial charge is 0.255 e. The summed E-state index contributed by atoms with van der Waals surface area (Å²) in [6.07, 6.45) is 4.71. The Hall–Kier alpha value is -3.17. The predicted molar refractivity (Wildman–Crippen MR) is 120 cm³/mol. The number of primary amides is 1. The minimum Gasteiger partial charge on any atom is -0.508 e. The number of rotatable bonds is 4. The normalized spacial score (nSPS) is 29.2.